The number of alkyl halides is 3. The highest BCUT2D eigenvalue weighted by molar-refractivity contribution is 7.80. The summed E-state index contributed by atoms with van der Waals surface area (Å²) in [5.74, 6) is -0.412. The van der Waals surface area contributed by atoms with Crippen LogP contribution in [0.2, 0.25) is 5.02 Å². The van der Waals surface area contributed by atoms with Gasteiger partial charge in [0.15, 0.2) is 5.11 Å². The average Bonchev–Trinajstić information content (AvgIpc) is 2.50. The van der Waals surface area contributed by atoms with Crippen molar-refractivity contribution in [2.45, 2.75) is 6.18 Å². The third-order valence-corrected chi connectivity index (χ3v) is 3.45. The normalized spacial score (nSPS) is 11.1. The Kier molecular flexibility index (Phi) is 5.51. The minimum absolute atomic E-state index is 0.00435. The first-order valence-corrected chi connectivity index (χ1v) is 7.27. The Morgan fingerprint density at radius 2 is 1.83 bits per heavy atom. The van der Waals surface area contributed by atoms with E-state index in [-0.39, 0.29) is 21.6 Å². The summed E-state index contributed by atoms with van der Waals surface area (Å²) >= 11 is 10.7. The fraction of sp³-hybridized carbons (Fsp3) is 0.133. The predicted octanol–water partition coefficient (Wildman–Crippen LogP) is 5.32. The summed E-state index contributed by atoms with van der Waals surface area (Å²) in [4.78, 5) is 0. The van der Waals surface area contributed by atoms with Crippen molar-refractivity contribution in [1.29, 1.82) is 0 Å². The minimum Gasteiger partial charge on any atom is -0.495 e. The summed E-state index contributed by atoms with van der Waals surface area (Å²) in [7, 11) is 1.32. The molecule has 2 aromatic rings. The van der Waals surface area contributed by atoms with Gasteiger partial charge in [-0.25, -0.2) is 4.39 Å². The fourth-order valence-corrected chi connectivity index (χ4v) is 2.25. The van der Waals surface area contributed by atoms with Crippen LogP contribution < -0.4 is 15.4 Å². The molecule has 0 heterocycles. The third-order valence-electron chi connectivity index (χ3n) is 2.95. The van der Waals surface area contributed by atoms with E-state index in [9.17, 15) is 17.6 Å². The van der Waals surface area contributed by atoms with Crippen molar-refractivity contribution < 1.29 is 22.3 Å². The second kappa shape index (κ2) is 7.23. The van der Waals surface area contributed by atoms with E-state index in [1.807, 2.05) is 0 Å². The molecule has 0 bridgehead atoms. The van der Waals surface area contributed by atoms with E-state index in [1.165, 1.54) is 25.3 Å². The number of hydrogen-bond donors (Lipinski definition) is 2. The summed E-state index contributed by atoms with van der Waals surface area (Å²) in [5, 5.41) is 5.20. The van der Waals surface area contributed by atoms with E-state index < -0.39 is 17.6 Å². The summed E-state index contributed by atoms with van der Waals surface area (Å²) in [6, 6.07) is 6.79. The van der Waals surface area contributed by atoms with E-state index in [2.05, 4.69) is 10.6 Å². The Morgan fingerprint density at radius 1 is 1.12 bits per heavy atom. The molecule has 0 aliphatic rings. The molecule has 0 aliphatic carbocycles. The van der Waals surface area contributed by atoms with Crippen molar-refractivity contribution in [2.75, 3.05) is 17.7 Å². The molecule has 0 spiro atoms. The van der Waals surface area contributed by atoms with Crippen LogP contribution in [0.4, 0.5) is 28.9 Å². The van der Waals surface area contributed by atoms with Crippen molar-refractivity contribution in [3.8, 4) is 5.75 Å². The quantitative estimate of drug-likeness (QED) is 0.559. The highest BCUT2D eigenvalue weighted by Crippen LogP contribution is 2.35. The summed E-state index contributed by atoms with van der Waals surface area (Å²) in [5.41, 5.74) is -0.429. The Bertz CT molecular complexity index is 768. The van der Waals surface area contributed by atoms with E-state index >= 15 is 0 Å². The number of methoxy groups -OCH3 is 1. The molecule has 0 saturated heterocycles. The average molecular weight is 379 g/mol. The smallest absolute Gasteiger partial charge is 0.416 e. The first-order valence-electron chi connectivity index (χ1n) is 6.49. The Labute approximate surface area is 145 Å². The lowest BCUT2D eigenvalue weighted by molar-refractivity contribution is -0.137. The van der Waals surface area contributed by atoms with Crippen molar-refractivity contribution in [1.82, 2.24) is 0 Å². The SMILES string of the molecule is COc1ccc(C(F)(F)F)cc1NC(=S)Nc1ccc(F)c(Cl)c1. The zero-order valence-electron chi connectivity index (χ0n) is 12.2. The van der Waals surface area contributed by atoms with Gasteiger partial charge in [-0.3, -0.25) is 0 Å². The fourth-order valence-electron chi connectivity index (χ4n) is 1.84. The van der Waals surface area contributed by atoms with Gasteiger partial charge < -0.3 is 15.4 Å². The zero-order chi connectivity index (χ0) is 17.9. The molecule has 24 heavy (non-hydrogen) atoms. The van der Waals surface area contributed by atoms with Gasteiger partial charge in [-0.05, 0) is 48.6 Å². The molecule has 0 unspecified atom stereocenters. The number of hydrogen-bond acceptors (Lipinski definition) is 2. The minimum atomic E-state index is -4.50. The maximum absolute atomic E-state index is 13.1. The van der Waals surface area contributed by atoms with Gasteiger partial charge in [0.05, 0.1) is 23.4 Å². The largest absolute Gasteiger partial charge is 0.495 e. The highest BCUT2D eigenvalue weighted by atomic mass is 35.5. The van der Waals surface area contributed by atoms with Crippen LogP contribution in [0.3, 0.4) is 0 Å². The van der Waals surface area contributed by atoms with Crippen LogP contribution >= 0.6 is 23.8 Å². The molecule has 0 aromatic heterocycles. The van der Waals surface area contributed by atoms with Crippen LogP contribution in [0.5, 0.6) is 5.75 Å². The summed E-state index contributed by atoms with van der Waals surface area (Å²) in [6.45, 7) is 0. The second-order valence-corrected chi connectivity index (χ2v) is 5.44. The maximum atomic E-state index is 13.1. The van der Waals surface area contributed by atoms with Gasteiger partial charge in [0, 0.05) is 5.69 Å². The van der Waals surface area contributed by atoms with Crippen molar-refractivity contribution >= 4 is 40.3 Å². The number of halogens is 5. The molecule has 3 nitrogen and oxygen atoms in total. The molecule has 0 radical (unpaired) electrons. The van der Waals surface area contributed by atoms with Gasteiger partial charge in [0.1, 0.15) is 11.6 Å². The van der Waals surface area contributed by atoms with Crippen LogP contribution in [0.1, 0.15) is 5.56 Å². The molecule has 128 valence electrons. The summed E-state index contributed by atoms with van der Waals surface area (Å²) in [6.07, 6.45) is -4.50. The molecule has 2 N–H and O–H groups in total. The number of thiocarbonyl (C=S) groups is 1. The van der Waals surface area contributed by atoms with E-state index in [0.29, 0.717) is 5.69 Å². The van der Waals surface area contributed by atoms with Crippen LogP contribution in [0.25, 0.3) is 0 Å². The molecule has 0 fully saturated rings. The molecule has 0 aliphatic heterocycles. The summed E-state index contributed by atoms with van der Waals surface area (Å²) < 4.78 is 56.5. The van der Waals surface area contributed by atoms with E-state index in [0.717, 1.165) is 18.2 Å². The van der Waals surface area contributed by atoms with Gasteiger partial charge in [0.2, 0.25) is 0 Å². The molecule has 0 amide bonds. The molecule has 0 saturated carbocycles. The molecule has 9 heteroatoms. The molecule has 0 atom stereocenters. The number of rotatable bonds is 3. The monoisotopic (exact) mass is 378 g/mol. The zero-order valence-corrected chi connectivity index (χ0v) is 13.7. The lowest BCUT2D eigenvalue weighted by Crippen LogP contribution is -2.20. The van der Waals surface area contributed by atoms with Crippen LogP contribution in [0, 0.1) is 5.82 Å². The number of anilines is 2. The van der Waals surface area contributed by atoms with Gasteiger partial charge in [-0.15, -0.1) is 0 Å². The van der Waals surface area contributed by atoms with E-state index in [4.69, 9.17) is 28.6 Å². The first-order chi connectivity index (χ1) is 11.2. The van der Waals surface area contributed by atoms with Crippen molar-refractivity contribution in [3.05, 3.63) is 52.8 Å². The van der Waals surface area contributed by atoms with Crippen LogP contribution in [-0.4, -0.2) is 12.2 Å². The lowest BCUT2D eigenvalue weighted by Gasteiger charge is -2.16. The highest BCUT2D eigenvalue weighted by Gasteiger charge is 2.31. The van der Waals surface area contributed by atoms with E-state index in [1.54, 1.807) is 0 Å². The van der Waals surface area contributed by atoms with Gasteiger partial charge in [-0.1, -0.05) is 11.6 Å². The number of benzene rings is 2. The molecular formula is C15H11ClF4N2OS. The van der Waals surface area contributed by atoms with Crippen LogP contribution in [0.15, 0.2) is 36.4 Å². The van der Waals surface area contributed by atoms with Crippen molar-refractivity contribution in [2.24, 2.45) is 0 Å². The Balaban J connectivity index is 2.19. The first kappa shape index (κ1) is 18.3. The molecule has 2 aromatic carbocycles. The van der Waals surface area contributed by atoms with Gasteiger partial charge in [0.25, 0.3) is 0 Å². The van der Waals surface area contributed by atoms with Crippen molar-refractivity contribution in [3.63, 3.8) is 0 Å². The standard InChI is InChI=1S/C15H11ClF4N2OS/c1-23-13-5-2-8(15(18,19)20)6-12(13)22-14(24)21-9-3-4-11(17)10(16)7-9/h2-7H,1H3,(H2,21,22,24). The second-order valence-electron chi connectivity index (χ2n) is 4.62. The predicted molar refractivity (Wildman–Crippen MR) is 89.2 cm³/mol. The topological polar surface area (TPSA) is 33.3 Å². The van der Waals surface area contributed by atoms with Gasteiger partial charge in [-0.2, -0.15) is 13.2 Å². The Hall–Kier alpha value is -2.06. The molecular weight excluding hydrogens is 368 g/mol. The molecule has 2 rings (SSSR count). The van der Waals surface area contributed by atoms with Crippen LogP contribution in [-0.2, 0) is 6.18 Å². The lowest BCUT2D eigenvalue weighted by atomic mass is 10.2. The third kappa shape index (κ3) is 4.48. The number of nitrogens with one attached hydrogen (secondary N) is 2. The maximum Gasteiger partial charge on any atom is 0.416 e. The Morgan fingerprint density at radius 3 is 2.42 bits per heavy atom. The van der Waals surface area contributed by atoms with Gasteiger partial charge >= 0.3 is 6.18 Å². The number of ether oxygens (including phenoxy) is 1.